The van der Waals surface area contributed by atoms with Crippen LogP contribution in [0.1, 0.15) is 6.42 Å². The first-order valence-electron chi connectivity index (χ1n) is 6.41. The van der Waals surface area contributed by atoms with Crippen molar-refractivity contribution in [2.45, 2.75) is 13.0 Å². The summed E-state index contributed by atoms with van der Waals surface area (Å²) >= 11 is 0. The molecule has 3 rings (SSSR count). The lowest BCUT2D eigenvalue weighted by Crippen LogP contribution is -2.45. The summed E-state index contributed by atoms with van der Waals surface area (Å²) in [5.41, 5.74) is -0.867. The standard InChI is InChI=1S/C11H15N5O4/c17-9(4-16-7-12-13-14-16)15-3-8-5-20-2-1-11(8,6-15)10(18)19/h7-8H,1-6H2,(H,18,19)/t8-,11+/m0/s1. The highest BCUT2D eigenvalue weighted by atomic mass is 16.5. The summed E-state index contributed by atoms with van der Waals surface area (Å²) in [6.07, 6.45) is 1.80. The zero-order chi connectivity index (χ0) is 14.2. The Morgan fingerprint density at radius 1 is 1.50 bits per heavy atom. The number of aliphatic carboxylic acids is 1. The van der Waals surface area contributed by atoms with E-state index in [1.54, 1.807) is 4.90 Å². The first-order chi connectivity index (χ1) is 9.62. The van der Waals surface area contributed by atoms with Gasteiger partial charge in [-0.05, 0) is 16.8 Å². The van der Waals surface area contributed by atoms with Crippen LogP contribution < -0.4 is 0 Å². The van der Waals surface area contributed by atoms with Gasteiger partial charge in [0.15, 0.2) is 0 Å². The molecule has 0 aliphatic carbocycles. The highest BCUT2D eigenvalue weighted by Crippen LogP contribution is 2.42. The number of tetrazole rings is 1. The topological polar surface area (TPSA) is 110 Å². The number of aromatic nitrogens is 4. The Morgan fingerprint density at radius 3 is 3.00 bits per heavy atom. The highest BCUT2D eigenvalue weighted by molar-refractivity contribution is 5.81. The Kier molecular flexibility index (Phi) is 3.13. The summed E-state index contributed by atoms with van der Waals surface area (Å²) in [7, 11) is 0. The minimum atomic E-state index is -0.867. The molecule has 1 aromatic heterocycles. The summed E-state index contributed by atoms with van der Waals surface area (Å²) in [5.74, 6) is -1.16. The van der Waals surface area contributed by atoms with E-state index in [1.165, 1.54) is 11.0 Å². The molecule has 0 saturated carbocycles. The molecule has 0 unspecified atom stereocenters. The average molecular weight is 281 g/mol. The molecular weight excluding hydrogens is 266 g/mol. The predicted octanol–water partition coefficient (Wildman–Crippen LogP) is -1.38. The monoisotopic (exact) mass is 281 g/mol. The molecule has 20 heavy (non-hydrogen) atoms. The van der Waals surface area contributed by atoms with Crippen LogP contribution in [0.15, 0.2) is 6.33 Å². The summed E-state index contributed by atoms with van der Waals surface area (Å²) < 4.78 is 6.68. The van der Waals surface area contributed by atoms with Crippen molar-refractivity contribution in [3.8, 4) is 0 Å². The van der Waals surface area contributed by atoms with Crippen molar-refractivity contribution in [1.29, 1.82) is 0 Å². The smallest absolute Gasteiger partial charge is 0.311 e. The number of amides is 1. The number of carboxylic acids is 1. The number of rotatable bonds is 3. The van der Waals surface area contributed by atoms with Gasteiger partial charge >= 0.3 is 5.97 Å². The van der Waals surface area contributed by atoms with Gasteiger partial charge in [-0.3, -0.25) is 9.59 Å². The fraction of sp³-hybridized carbons (Fsp3) is 0.727. The fourth-order valence-corrected chi connectivity index (χ4v) is 2.98. The van der Waals surface area contributed by atoms with E-state index in [9.17, 15) is 14.7 Å². The predicted molar refractivity (Wildman–Crippen MR) is 63.4 cm³/mol. The summed E-state index contributed by atoms with van der Waals surface area (Å²) in [6, 6.07) is 0. The molecule has 0 radical (unpaired) electrons. The zero-order valence-corrected chi connectivity index (χ0v) is 10.8. The molecule has 9 heteroatoms. The van der Waals surface area contributed by atoms with Gasteiger partial charge in [-0.15, -0.1) is 5.10 Å². The number of hydrogen-bond donors (Lipinski definition) is 1. The van der Waals surface area contributed by atoms with Crippen LogP contribution in [0.2, 0.25) is 0 Å². The maximum atomic E-state index is 12.2. The molecule has 2 fully saturated rings. The fourth-order valence-electron chi connectivity index (χ4n) is 2.98. The van der Waals surface area contributed by atoms with Crippen LogP contribution >= 0.6 is 0 Å². The van der Waals surface area contributed by atoms with Gasteiger partial charge in [0, 0.05) is 25.6 Å². The highest BCUT2D eigenvalue weighted by Gasteiger charge is 2.54. The second-order valence-corrected chi connectivity index (χ2v) is 5.26. The Morgan fingerprint density at radius 2 is 2.35 bits per heavy atom. The number of carbonyl (C=O) groups excluding carboxylic acids is 1. The van der Waals surface area contributed by atoms with E-state index in [4.69, 9.17) is 4.74 Å². The van der Waals surface area contributed by atoms with Crippen molar-refractivity contribution >= 4 is 11.9 Å². The lowest BCUT2D eigenvalue weighted by Gasteiger charge is -2.33. The Bertz CT molecular complexity index is 519. The van der Waals surface area contributed by atoms with E-state index in [0.717, 1.165) is 0 Å². The van der Waals surface area contributed by atoms with Gasteiger partial charge in [0.25, 0.3) is 0 Å². The maximum Gasteiger partial charge on any atom is 0.311 e. The normalized spacial score (nSPS) is 29.2. The second kappa shape index (κ2) is 4.82. The van der Waals surface area contributed by atoms with Gasteiger partial charge in [-0.1, -0.05) is 0 Å². The molecule has 2 saturated heterocycles. The van der Waals surface area contributed by atoms with Crippen LogP contribution in [0, 0.1) is 11.3 Å². The van der Waals surface area contributed by atoms with Crippen molar-refractivity contribution in [3.05, 3.63) is 6.33 Å². The minimum Gasteiger partial charge on any atom is -0.481 e. The van der Waals surface area contributed by atoms with E-state index < -0.39 is 11.4 Å². The van der Waals surface area contributed by atoms with Crippen LogP contribution in [0.25, 0.3) is 0 Å². The number of fused-ring (bicyclic) bond motifs is 1. The number of ether oxygens (including phenoxy) is 1. The third kappa shape index (κ3) is 2.03. The van der Waals surface area contributed by atoms with E-state index in [0.29, 0.717) is 26.2 Å². The Labute approximate surface area is 114 Å². The van der Waals surface area contributed by atoms with Crippen molar-refractivity contribution in [3.63, 3.8) is 0 Å². The molecule has 1 N–H and O–H groups in total. The zero-order valence-electron chi connectivity index (χ0n) is 10.8. The van der Waals surface area contributed by atoms with Gasteiger partial charge in [0.2, 0.25) is 5.91 Å². The SMILES string of the molecule is O=C(Cn1cnnn1)N1C[C@H]2COCC[C@@]2(C(=O)O)C1. The molecule has 9 nitrogen and oxygen atoms in total. The Balaban J connectivity index is 1.73. The lowest BCUT2D eigenvalue weighted by molar-refractivity contribution is -0.157. The largest absolute Gasteiger partial charge is 0.481 e. The quantitative estimate of drug-likeness (QED) is 0.727. The van der Waals surface area contributed by atoms with E-state index in [-0.39, 0.29) is 24.9 Å². The van der Waals surface area contributed by atoms with Gasteiger partial charge in [-0.2, -0.15) is 0 Å². The number of likely N-dealkylation sites (tertiary alicyclic amines) is 1. The lowest BCUT2D eigenvalue weighted by atomic mass is 9.74. The molecular formula is C11H15N5O4. The van der Waals surface area contributed by atoms with Crippen molar-refractivity contribution in [2.24, 2.45) is 11.3 Å². The average Bonchev–Trinajstić information content (AvgIpc) is 3.05. The van der Waals surface area contributed by atoms with Gasteiger partial charge in [0.1, 0.15) is 12.9 Å². The number of carboxylic acid groups (broad SMARTS) is 1. The van der Waals surface area contributed by atoms with Crippen LogP contribution in [0.3, 0.4) is 0 Å². The number of nitrogens with zero attached hydrogens (tertiary/aromatic N) is 5. The maximum absolute atomic E-state index is 12.2. The van der Waals surface area contributed by atoms with E-state index >= 15 is 0 Å². The molecule has 2 aliphatic rings. The van der Waals surface area contributed by atoms with Gasteiger partial charge in [-0.25, -0.2) is 4.68 Å². The second-order valence-electron chi connectivity index (χ2n) is 5.26. The first kappa shape index (κ1) is 13.0. The molecule has 1 aromatic rings. The van der Waals surface area contributed by atoms with Crippen LogP contribution in [0.5, 0.6) is 0 Å². The number of carbonyl (C=O) groups is 2. The van der Waals surface area contributed by atoms with Crippen molar-refractivity contribution in [1.82, 2.24) is 25.1 Å². The molecule has 2 atom stereocenters. The Hall–Kier alpha value is -2.03. The minimum absolute atomic E-state index is 0.0241. The molecule has 0 bridgehead atoms. The van der Waals surface area contributed by atoms with Crippen molar-refractivity contribution in [2.75, 3.05) is 26.3 Å². The van der Waals surface area contributed by atoms with Gasteiger partial charge in [0.05, 0.1) is 12.0 Å². The van der Waals surface area contributed by atoms with Gasteiger partial charge < -0.3 is 14.7 Å². The molecule has 2 aliphatic heterocycles. The third-order valence-electron chi connectivity index (χ3n) is 4.17. The third-order valence-corrected chi connectivity index (χ3v) is 4.17. The molecule has 108 valence electrons. The van der Waals surface area contributed by atoms with Crippen LogP contribution in [-0.2, 0) is 20.9 Å². The van der Waals surface area contributed by atoms with E-state index in [1.807, 2.05) is 0 Å². The summed E-state index contributed by atoms with van der Waals surface area (Å²) in [4.78, 5) is 25.4. The molecule has 1 amide bonds. The van der Waals surface area contributed by atoms with E-state index in [2.05, 4.69) is 15.5 Å². The molecule has 0 spiro atoms. The first-order valence-corrected chi connectivity index (χ1v) is 6.41. The molecule has 3 heterocycles. The number of hydrogen-bond acceptors (Lipinski definition) is 6. The van der Waals surface area contributed by atoms with Crippen LogP contribution in [0.4, 0.5) is 0 Å². The molecule has 0 aromatic carbocycles. The summed E-state index contributed by atoms with van der Waals surface area (Å²) in [5, 5.41) is 20.1. The van der Waals surface area contributed by atoms with Crippen LogP contribution in [-0.4, -0.2) is 68.4 Å². The summed E-state index contributed by atoms with van der Waals surface area (Å²) in [6.45, 7) is 1.49. The van der Waals surface area contributed by atoms with Crippen molar-refractivity contribution < 1.29 is 19.4 Å².